The van der Waals surface area contributed by atoms with Gasteiger partial charge in [0.1, 0.15) is 0 Å². The highest BCUT2D eigenvalue weighted by molar-refractivity contribution is 5.98. The summed E-state index contributed by atoms with van der Waals surface area (Å²) in [5.74, 6) is -0.219. The molecule has 3 rings (SSSR count). The van der Waals surface area contributed by atoms with Crippen molar-refractivity contribution in [3.8, 4) is 11.3 Å². The van der Waals surface area contributed by atoms with E-state index in [4.69, 9.17) is 4.74 Å². The number of benzene rings is 1. The van der Waals surface area contributed by atoms with Gasteiger partial charge in [-0.25, -0.2) is 0 Å². The van der Waals surface area contributed by atoms with Gasteiger partial charge in [-0.3, -0.25) is 9.89 Å². The maximum atomic E-state index is 11.2. The molecule has 2 aromatic rings. The van der Waals surface area contributed by atoms with Gasteiger partial charge < -0.3 is 10.1 Å². The molecule has 1 amide bonds. The van der Waals surface area contributed by atoms with E-state index in [1.807, 2.05) is 24.3 Å². The molecule has 0 unspecified atom stereocenters. The summed E-state index contributed by atoms with van der Waals surface area (Å²) in [6, 6.07) is 7.57. The summed E-state index contributed by atoms with van der Waals surface area (Å²) in [6.45, 7) is 4.75. The summed E-state index contributed by atoms with van der Waals surface area (Å²) in [5, 5.41) is 10.2. The van der Waals surface area contributed by atoms with Gasteiger partial charge in [0.25, 0.3) is 0 Å². The second-order valence-corrected chi connectivity index (χ2v) is 4.60. The molecular weight excluding hydrogens is 254 g/mol. The zero-order chi connectivity index (χ0) is 13.9. The SMILES string of the molecule is C=CC(=O)Nc1ccc(-c2n[nH]c3c2COCC3)cc1. The monoisotopic (exact) mass is 269 g/mol. The maximum absolute atomic E-state index is 11.2. The van der Waals surface area contributed by atoms with Crippen molar-refractivity contribution >= 4 is 11.6 Å². The summed E-state index contributed by atoms with van der Waals surface area (Å²) in [7, 11) is 0. The zero-order valence-electron chi connectivity index (χ0n) is 11.0. The highest BCUT2D eigenvalue weighted by atomic mass is 16.5. The molecule has 1 aromatic carbocycles. The Morgan fingerprint density at radius 1 is 1.40 bits per heavy atom. The van der Waals surface area contributed by atoms with E-state index in [9.17, 15) is 4.79 Å². The molecule has 0 radical (unpaired) electrons. The average molecular weight is 269 g/mol. The Hall–Kier alpha value is -2.40. The average Bonchev–Trinajstić information content (AvgIpc) is 2.92. The van der Waals surface area contributed by atoms with Crippen LogP contribution >= 0.6 is 0 Å². The molecule has 2 heterocycles. The van der Waals surface area contributed by atoms with E-state index >= 15 is 0 Å². The molecule has 1 aromatic heterocycles. The molecule has 0 saturated heterocycles. The van der Waals surface area contributed by atoms with E-state index in [0.29, 0.717) is 6.61 Å². The first-order valence-electron chi connectivity index (χ1n) is 6.45. The fourth-order valence-corrected chi connectivity index (χ4v) is 2.26. The minimum absolute atomic E-state index is 0.219. The van der Waals surface area contributed by atoms with Gasteiger partial charge in [-0.05, 0) is 18.2 Å². The molecular formula is C15H15N3O2. The first-order chi connectivity index (χ1) is 9.78. The number of nitrogens with one attached hydrogen (secondary N) is 2. The van der Waals surface area contributed by atoms with E-state index in [1.54, 1.807) is 0 Å². The zero-order valence-corrected chi connectivity index (χ0v) is 11.0. The second kappa shape index (κ2) is 5.30. The van der Waals surface area contributed by atoms with Crippen LogP contribution in [0.5, 0.6) is 0 Å². The van der Waals surface area contributed by atoms with Crippen LogP contribution in [0.4, 0.5) is 5.69 Å². The Labute approximate surface area is 116 Å². The van der Waals surface area contributed by atoms with Crippen molar-refractivity contribution in [3.63, 3.8) is 0 Å². The van der Waals surface area contributed by atoms with E-state index in [2.05, 4.69) is 22.1 Å². The number of fused-ring (bicyclic) bond motifs is 1. The third-order valence-electron chi connectivity index (χ3n) is 3.31. The van der Waals surface area contributed by atoms with Crippen molar-refractivity contribution in [2.45, 2.75) is 13.0 Å². The number of hydrogen-bond donors (Lipinski definition) is 2. The number of carbonyl (C=O) groups is 1. The van der Waals surface area contributed by atoms with Crippen LogP contribution in [0.2, 0.25) is 0 Å². The smallest absolute Gasteiger partial charge is 0.247 e. The van der Waals surface area contributed by atoms with Gasteiger partial charge in [0.05, 0.1) is 18.9 Å². The van der Waals surface area contributed by atoms with Crippen molar-refractivity contribution in [1.82, 2.24) is 10.2 Å². The van der Waals surface area contributed by atoms with E-state index in [0.717, 1.165) is 41.2 Å². The molecule has 0 atom stereocenters. The van der Waals surface area contributed by atoms with Gasteiger partial charge in [-0.15, -0.1) is 0 Å². The molecule has 0 fully saturated rings. The third kappa shape index (κ3) is 2.35. The molecule has 20 heavy (non-hydrogen) atoms. The Morgan fingerprint density at radius 3 is 2.95 bits per heavy atom. The summed E-state index contributed by atoms with van der Waals surface area (Å²) >= 11 is 0. The lowest BCUT2D eigenvalue weighted by Gasteiger charge is -2.12. The Balaban J connectivity index is 1.86. The van der Waals surface area contributed by atoms with E-state index < -0.39 is 0 Å². The minimum Gasteiger partial charge on any atom is -0.376 e. The predicted octanol–water partition coefficient (Wildman–Crippen LogP) is 2.27. The summed E-state index contributed by atoms with van der Waals surface area (Å²) in [6.07, 6.45) is 2.12. The van der Waals surface area contributed by atoms with Crippen molar-refractivity contribution < 1.29 is 9.53 Å². The minimum atomic E-state index is -0.219. The molecule has 0 bridgehead atoms. The van der Waals surface area contributed by atoms with Crippen molar-refractivity contribution in [3.05, 3.63) is 48.2 Å². The van der Waals surface area contributed by atoms with Crippen LogP contribution in [-0.2, 0) is 22.6 Å². The molecule has 0 spiro atoms. The van der Waals surface area contributed by atoms with Gasteiger partial charge >= 0.3 is 0 Å². The lowest BCUT2D eigenvalue weighted by Crippen LogP contribution is -2.09. The van der Waals surface area contributed by atoms with Crippen molar-refractivity contribution in [2.24, 2.45) is 0 Å². The second-order valence-electron chi connectivity index (χ2n) is 4.60. The fraction of sp³-hybridized carbons (Fsp3) is 0.200. The molecule has 2 N–H and O–H groups in total. The number of H-pyrrole nitrogens is 1. The normalized spacial score (nSPS) is 13.6. The number of aromatic amines is 1. The van der Waals surface area contributed by atoms with Crippen LogP contribution in [0.3, 0.4) is 0 Å². The highest BCUT2D eigenvalue weighted by Crippen LogP contribution is 2.28. The molecule has 102 valence electrons. The number of anilines is 1. The summed E-state index contributed by atoms with van der Waals surface area (Å²) < 4.78 is 5.48. The summed E-state index contributed by atoms with van der Waals surface area (Å²) in [4.78, 5) is 11.2. The van der Waals surface area contributed by atoms with E-state index in [1.165, 1.54) is 6.08 Å². The van der Waals surface area contributed by atoms with Gasteiger partial charge in [-0.1, -0.05) is 18.7 Å². The van der Waals surface area contributed by atoms with Crippen LogP contribution < -0.4 is 5.32 Å². The number of hydrogen-bond acceptors (Lipinski definition) is 3. The Kier molecular flexibility index (Phi) is 3.35. The Morgan fingerprint density at radius 2 is 2.20 bits per heavy atom. The molecule has 5 heteroatoms. The van der Waals surface area contributed by atoms with Gasteiger partial charge in [0, 0.05) is 28.9 Å². The topological polar surface area (TPSA) is 67.0 Å². The standard InChI is InChI=1S/C15H15N3O2/c1-2-14(19)16-11-5-3-10(4-6-11)15-12-9-20-8-7-13(12)17-18-15/h2-6H,1,7-9H2,(H,16,19)(H,17,18). The number of aromatic nitrogens is 2. The number of nitrogens with zero attached hydrogens (tertiary/aromatic N) is 1. The van der Waals surface area contributed by atoms with Crippen LogP contribution in [-0.4, -0.2) is 22.7 Å². The number of rotatable bonds is 3. The van der Waals surface area contributed by atoms with Crippen LogP contribution in [0, 0.1) is 0 Å². The molecule has 1 aliphatic rings. The lowest BCUT2D eigenvalue weighted by molar-refractivity contribution is -0.111. The number of amides is 1. The molecule has 1 aliphatic heterocycles. The first kappa shape index (κ1) is 12.6. The van der Waals surface area contributed by atoms with Crippen LogP contribution in [0.25, 0.3) is 11.3 Å². The van der Waals surface area contributed by atoms with Gasteiger partial charge in [0.2, 0.25) is 5.91 Å². The van der Waals surface area contributed by atoms with Crippen molar-refractivity contribution in [2.75, 3.05) is 11.9 Å². The quantitative estimate of drug-likeness (QED) is 0.840. The summed E-state index contributed by atoms with van der Waals surface area (Å²) in [5.41, 5.74) is 4.93. The number of ether oxygens (including phenoxy) is 1. The molecule has 5 nitrogen and oxygen atoms in total. The highest BCUT2D eigenvalue weighted by Gasteiger charge is 2.18. The molecule has 0 aliphatic carbocycles. The third-order valence-corrected chi connectivity index (χ3v) is 3.31. The van der Waals surface area contributed by atoms with Crippen molar-refractivity contribution in [1.29, 1.82) is 0 Å². The Bertz CT molecular complexity index is 644. The largest absolute Gasteiger partial charge is 0.376 e. The lowest BCUT2D eigenvalue weighted by atomic mass is 10.0. The molecule has 0 saturated carbocycles. The van der Waals surface area contributed by atoms with E-state index in [-0.39, 0.29) is 5.91 Å². The van der Waals surface area contributed by atoms with Crippen LogP contribution in [0.1, 0.15) is 11.3 Å². The van der Waals surface area contributed by atoms with Gasteiger partial charge in [0.15, 0.2) is 0 Å². The van der Waals surface area contributed by atoms with Crippen LogP contribution in [0.15, 0.2) is 36.9 Å². The number of carbonyl (C=O) groups excluding carboxylic acids is 1. The van der Waals surface area contributed by atoms with Gasteiger partial charge in [-0.2, -0.15) is 5.10 Å². The maximum Gasteiger partial charge on any atom is 0.247 e. The first-order valence-corrected chi connectivity index (χ1v) is 6.45. The predicted molar refractivity (Wildman–Crippen MR) is 76.2 cm³/mol. The fourth-order valence-electron chi connectivity index (χ4n) is 2.26.